The molecule has 0 spiro atoms. The van der Waals surface area contributed by atoms with Gasteiger partial charge in [0.2, 0.25) is 11.8 Å². The van der Waals surface area contributed by atoms with Crippen molar-refractivity contribution in [2.24, 2.45) is 23.7 Å². The maximum absolute atomic E-state index is 14.5. The van der Waals surface area contributed by atoms with Gasteiger partial charge in [0.1, 0.15) is 23.7 Å². The number of benzene rings is 4. The monoisotopic (exact) mass is 1010 g/mol. The highest BCUT2D eigenvalue weighted by Crippen LogP contribution is 2.48. The molecule has 6 aromatic rings. The van der Waals surface area contributed by atoms with E-state index < -0.39 is 12.1 Å². The van der Waals surface area contributed by atoms with Crippen molar-refractivity contribution in [3.63, 3.8) is 0 Å². The fourth-order valence-corrected chi connectivity index (χ4v) is 13.9. The highest BCUT2D eigenvalue weighted by molar-refractivity contribution is 5.90. The number of nitrogens with one attached hydrogen (secondary N) is 6. The molecular formula is C61H76N10O4. The van der Waals surface area contributed by atoms with Gasteiger partial charge in [-0.05, 0) is 156 Å². The van der Waals surface area contributed by atoms with Crippen molar-refractivity contribution in [3.05, 3.63) is 107 Å². The van der Waals surface area contributed by atoms with Crippen LogP contribution in [0.1, 0.15) is 151 Å². The van der Waals surface area contributed by atoms with Crippen molar-refractivity contribution in [2.45, 2.75) is 160 Å². The molecule has 6 aliphatic carbocycles. The Kier molecular flexibility index (Phi) is 14.0. The van der Waals surface area contributed by atoms with E-state index in [2.05, 4.69) is 121 Å². The molecule has 4 heterocycles. The second-order valence-corrected chi connectivity index (χ2v) is 23.3. The van der Waals surface area contributed by atoms with Crippen molar-refractivity contribution in [1.82, 2.24) is 51.0 Å². The lowest BCUT2D eigenvalue weighted by Crippen LogP contribution is -2.55. The standard InChI is InChI=1S/C61H76N10O4/c1-33(2)54(68-60(74)62-6)58(72)70-50-14-10-8-12-42(50)31-52(70)56-64-46-24-22-40(29-48(46)66-56)44-27-36-16-18-37-20-21-38(35(5)26-39(44)19-17-36)28-45(37)41-23-25-47-49(30-41)67-57(65-47)53-32-43-13-9-11-15-51(43)71(53)59(73)55(34(3)4)69-61(75)63-7/h17,19-25,27-30,33-35,42-43,50-55H,8-16,18,26,31-32H2,1-7H3,(H,64,66)(H,65,67)(H2,62,68,74)(H2,63,69,75)/t35-,42+,43+,50+,51+,52+,53+,54+,55+/m1/s1. The lowest BCUT2D eigenvalue weighted by molar-refractivity contribution is -0.139. The number of urea groups is 2. The number of nitrogens with zero attached hydrogens (tertiary/aromatic N) is 4. The van der Waals surface area contributed by atoms with Gasteiger partial charge in [-0.15, -0.1) is 0 Å². The molecule has 0 unspecified atom stereocenters. The van der Waals surface area contributed by atoms with Crippen molar-refractivity contribution >= 4 is 45.9 Å². The second kappa shape index (κ2) is 20.8. The molecule has 75 heavy (non-hydrogen) atoms. The van der Waals surface area contributed by atoms with Crippen LogP contribution in [0, 0.1) is 23.7 Å². The van der Waals surface area contributed by atoms with Crippen LogP contribution in [0.25, 0.3) is 44.3 Å². The summed E-state index contributed by atoms with van der Waals surface area (Å²) in [6.45, 7) is 10.3. The Labute approximate surface area is 441 Å². The van der Waals surface area contributed by atoms with Gasteiger partial charge in [-0.25, -0.2) is 19.6 Å². The Bertz CT molecular complexity index is 3140. The number of aryl methyl sites for hydroxylation is 2. The highest BCUT2D eigenvalue weighted by atomic mass is 16.2. The number of aromatic nitrogens is 4. The number of hydrogen-bond acceptors (Lipinski definition) is 6. The topological polar surface area (TPSA) is 180 Å². The van der Waals surface area contributed by atoms with Crippen molar-refractivity contribution in [1.29, 1.82) is 0 Å². The molecule has 6 N–H and O–H groups in total. The van der Waals surface area contributed by atoms with Crippen LogP contribution in [-0.4, -0.2) is 91.9 Å². The normalized spacial score (nSPS) is 24.2. The quantitative estimate of drug-likeness (QED) is 0.0795. The number of likely N-dealkylation sites (tertiary alicyclic amines) is 2. The zero-order valence-electron chi connectivity index (χ0n) is 44.9. The maximum Gasteiger partial charge on any atom is 0.315 e. The van der Waals surface area contributed by atoms with E-state index in [9.17, 15) is 19.2 Å². The number of rotatable bonds is 10. The molecule has 4 aromatic carbocycles. The second-order valence-electron chi connectivity index (χ2n) is 23.3. The number of carbonyl (C=O) groups excluding carboxylic acids is 4. The molecule has 394 valence electrons. The average Bonchev–Trinajstić information content (AvgIpc) is 4.22. The summed E-state index contributed by atoms with van der Waals surface area (Å²) >= 11 is 0. The van der Waals surface area contributed by atoms with Gasteiger partial charge in [-0.1, -0.05) is 109 Å². The van der Waals surface area contributed by atoms with Gasteiger partial charge in [-0.3, -0.25) is 9.59 Å². The van der Waals surface area contributed by atoms with E-state index in [0.717, 1.165) is 115 Å². The minimum absolute atomic E-state index is 0.0267. The van der Waals surface area contributed by atoms with E-state index in [4.69, 9.17) is 9.97 Å². The van der Waals surface area contributed by atoms with E-state index in [1.54, 1.807) is 14.1 Å². The van der Waals surface area contributed by atoms with Crippen LogP contribution >= 0.6 is 0 Å². The molecular weight excluding hydrogens is 937 g/mol. The molecule has 6 amide bonds. The Morgan fingerprint density at radius 1 is 0.587 bits per heavy atom. The first kappa shape index (κ1) is 50.5. The van der Waals surface area contributed by atoms with E-state index in [-0.39, 0.29) is 65.8 Å². The van der Waals surface area contributed by atoms with Crippen molar-refractivity contribution in [2.75, 3.05) is 14.1 Å². The maximum atomic E-state index is 14.5. The van der Waals surface area contributed by atoms with Crippen molar-refractivity contribution < 1.29 is 19.2 Å². The zero-order valence-corrected chi connectivity index (χ0v) is 44.9. The predicted octanol–water partition coefficient (Wildman–Crippen LogP) is 10.8. The summed E-state index contributed by atoms with van der Waals surface area (Å²) in [6, 6.07) is 25.2. The van der Waals surface area contributed by atoms with Crippen LogP contribution in [-0.2, 0) is 28.9 Å². The van der Waals surface area contributed by atoms with Crippen LogP contribution < -0.4 is 21.3 Å². The number of fused-ring (bicyclic) bond motifs is 4. The minimum atomic E-state index is -0.633. The van der Waals surface area contributed by atoms with Gasteiger partial charge in [0.05, 0.1) is 34.2 Å². The molecule has 14 heteroatoms. The number of amides is 6. The predicted molar refractivity (Wildman–Crippen MR) is 295 cm³/mol. The lowest BCUT2D eigenvalue weighted by Gasteiger charge is -2.36. The molecule has 14 nitrogen and oxygen atoms in total. The average molecular weight is 1010 g/mol. The van der Waals surface area contributed by atoms with Crippen LogP contribution in [0.5, 0.6) is 0 Å². The molecule has 9 atom stereocenters. The molecule has 0 radical (unpaired) electrons. The van der Waals surface area contributed by atoms with Crippen molar-refractivity contribution in [3.8, 4) is 22.3 Å². The van der Waals surface area contributed by atoms with Gasteiger partial charge >= 0.3 is 12.1 Å². The molecule has 2 aliphatic heterocycles. The summed E-state index contributed by atoms with van der Waals surface area (Å²) in [6.07, 6.45) is 13.0. The fraction of sp³-hybridized carbons (Fsp3) is 0.508. The third-order valence-corrected chi connectivity index (χ3v) is 17.9. The van der Waals surface area contributed by atoms with Gasteiger partial charge in [0.15, 0.2) is 0 Å². The van der Waals surface area contributed by atoms with Gasteiger partial charge < -0.3 is 41.0 Å². The van der Waals surface area contributed by atoms with E-state index in [1.807, 2.05) is 27.7 Å². The van der Waals surface area contributed by atoms with Crippen LogP contribution in [0.3, 0.4) is 0 Å². The summed E-state index contributed by atoms with van der Waals surface area (Å²) in [4.78, 5) is 76.3. The largest absolute Gasteiger partial charge is 0.341 e. The summed E-state index contributed by atoms with van der Waals surface area (Å²) in [7, 11) is 3.17. The first-order valence-electron chi connectivity index (χ1n) is 28.1. The van der Waals surface area contributed by atoms with E-state index in [1.165, 1.54) is 46.2 Å². The van der Waals surface area contributed by atoms with Crippen LogP contribution in [0.15, 0.2) is 72.8 Å². The van der Waals surface area contributed by atoms with E-state index in [0.29, 0.717) is 11.8 Å². The lowest BCUT2D eigenvalue weighted by atomic mass is 9.84. The Balaban J connectivity index is 0.862. The zero-order chi connectivity index (χ0) is 52.2. The van der Waals surface area contributed by atoms with E-state index >= 15 is 0 Å². The van der Waals surface area contributed by atoms with Gasteiger partial charge in [-0.2, -0.15) is 0 Å². The Hall–Kier alpha value is -6.70. The van der Waals surface area contributed by atoms with Crippen LogP contribution in [0.2, 0.25) is 0 Å². The number of hydrogen-bond donors (Lipinski definition) is 6. The first-order valence-corrected chi connectivity index (χ1v) is 28.1. The molecule has 4 fully saturated rings. The number of H-pyrrole nitrogens is 2. The third kappa shape index (κ3) is 9.67. The number of aromatic amines is 2. The van der Waals surface area contributed by atoms with Gasteiger partial charge in [0, 0.05) is 26.2 Å². The summed E-state index contributed by atoms with van der Waals surface area (Å²) in [5.74, 6) is 2.49. The first-order chi connectivity index (χ1) is 36.3. The number of carbonyl (C=O) groups is 4. The fourth-order valence-electron chi connectivity index (χ4n) is 13.9. The Morgan fingerprint density at radius 2 is 1.08 bits per heavy atom. The SMILES string of the molecule is CNC(=O)N[C@H](C(=O)N1[C@H](c2nc3cc(-c4cc5ccc4CCc4ccc(c(-c6ccc7[nH]c([C@@H]8C[C@@H]9CCCC[C@@H]9N8C(=O)[C@@H](NC(=O)NC)C(C)C)nc7c6)c4)C[C@H]5C)ccc3[nH]2)C[C@@H]2CCCC[C@@H]21)C(C)C. The summed E-state index contributed by atoms with van der Waals surface area (Å²) in [5.41, 5.74) is 13.6. The Morgan fingerprint density at radius 3 is 1.59 bits per heavy atom. The smallest absolute Gasteiger partial charge is 0.315 e. The molecule has 2 saturated carbocycles. The van der Waals surface area contributed by atoms with Crippen LogP contribution in [0.4, 0.5) is 9.59 Å². The molecule has 2 saturated heterocycles. The minimum Gasteiger partial charge on any atom is -0.341 e. The number of imidazole rings is 2. The van der Waals surface area contributed by atoms with Gasteiger partial charge in [0.25, 0.3) is 0 Å². The summed E-state index contributed by atoms with van der Waals surface area (Å²) in [5, 5.41) is 11.2. The highest BCUT2D eigenvalue weighted by Gasteiger charge is 2.50. The molecule has 8 aliphatic rings. The molecule has 2 aromatic heterocycles. The summed E-state index contributed by atoms with van der Waals surface area (Å²) < 4.78 is 0. The third-order valence-electron chi connectivity index (χ3n) is 17.9. The molecule has 4 bridgehead atoms. The molecule has 14 rings (SSSR count).